The second-order valence-electron chi connectivity index (χ2n) is 3.14. The Morgan fingerprint density at radius 2 is 2.38 bits per heavy atom. The molecule has 0 fully saturated rings. The lowest BCUT2D eigenvalue weighted by Gasteiger charge is -2.09. The van der Waals surface area contributed by atoms with Crippen LogP contribution in [-0.2, 0) is 0 Å². The molecule has 0 heterocycles. The molecule has 86 valence electrons. The largest absolute Gasteiger partial charge is 0.493 e. The number of benzene rings is 1. The molecule has 0 aromatic heterocycles. The maximum Gasteiger partial charge on any atom is 0.126 e. The number of halogens is 1. The summed E-state index contributed by atoms with van der Waals surface area (Å²) in [5.41, 5.74) is 8.18. The van der Waals surface area contributed by atoms with Crippen molar-refractivity contribution in [2.45, 2.75) is 12.5 Å². The molecule has 0 radical (unpaired) electrons. The zero-order valence-electron chi connectivity index (χ0n) is 8.58. The number of aliphatic hydroxyl groups is 1. The van der Waals surface area contributed by atoms with Crippen LogP contribution in [0.4, 0.5) is 4.39 Å². The molecule has 0 spiro atoms. The zero-order chi connectivity index (χ0) is 11.8. The van der Waals surface area contributed by atoms with Crippen molar-refractivity contribution in [1.29, 1.82) is 0 Å². The van der Waals surface area contributed by atoms with E-state index < -0.39 is 6.04 Å². The van der Waals surface area contributed by atoms with Gasteiger partial charge in [-0.15, -0.1) is 0 Å². The molecule has 0 saturated heterocycles. The van der Waals surface area contributed by atoms with Gasteiger partial charge in [-0.3, -0.25) is 0 Å². The Labute approximate surface area is 92.1 Å². The predicted molar refractivity (Wildman–Crippen MR) is 56.5 cm³/mol. The number of ether oxygens (including phenoxy) is 1. The van der Waals surface area contributed by atoms with Crippen LogP contribution < -0.4 is 4.74 Å². The molecule has 1 unspecified atom stereocenters. The highest BCUT2D eigenvalue weighted by Gasteiger charge is 2.04. The van der Waals surface area contributed by atoms with E-state index in [1.807, 2.05) is 0 Å². The van der Waals surface area contributed by atoms with Crippen LogP contribution in [0.15, 0.2) is 29.4 Å². The average molecular weight is 225 g/mol. The van der Waals surface area contributed by atoms with Gasteiger partial charge in [0.1, 0.15) is 11.6 Å². The van der Waals surface area contributed by atoms with Gasteiger partial charge in [-0.2, -0.15) is 0 Å². The Bertz CT molecular complexity index is 380. The molecule has 5 nitrogen and oxygen atoms in total. The molecule has 6 heteroatoms. The fraction of sp³-hybridized carbons (Fsp3) is 0.400. The van der Waals surface area contributed by atoms with Crippen molar-refractivity contribution < 1.29 is 14.2 Å². The number of rotatable bonds is 6. The van der Waals surface area contributed by atoms with E-state index in [0.717, 1.165) is 0 Å². The SMILES string of the molecule is [N-]=[N+]=NC(CO)CCOc1cccc(F)c1. The second-order valence-corrected chi connectivity index (χ2v) is 3.14. The quantitative estimate of drug-likeness (QED) is 0.458. The summed E-state index contributed by atoms with van der Waals surface area (Å²) in [6.07, 6.45) is 0.386. The molecule has 1 aromatic carbocycles. The first-order chi connectivity index (χ1) is 7.76. The van der Waals surface area contributed by atoms with E-state index >= 15 is 0 Å². The molecule has 0 aliphatic heterocycles. The standard InChI is InChI=1S/C10H12FN3O2/c11-8-2-1-3-10(6-8)16-5-4-9(7-15)13-14-12/h1-3,6,9,15H,4-5,7H2. The van der Waals surface area contributed by atoms with Gasteiger partial charge in [-0.25, -0.2) is 4.39 Å². The lowest BCUT2D eigenvalue weighted by atomic mass is 10.2. The normalized spacial score (nSPS) is 11.6. The molecule has 16 heavy (non-hydrogen) atoms. The molecule has 0 bridgehead atoms. The summed E-state index contributed by atoms with van der Waals surface area (Å²) < 4.78 is 18.0. The van der Waals surface area contributed by atoms with E-state index in [9.17, 15) is 4.39 Å². The monoisotopic (exact) mass is 225 g/mol. The zero-order valence-corrected chi connectivity index (χ0v) is 8.58. The maximum atomic E-state index is 12.8. The van der Waals surface area contributed by atoms with Gasteiger partial charge < -0.3 is 9.84 Å². The average Bonchev–Trinajstić information content (AvgIpc) is 2.28. The van der Waals surface area contributed by atoms with E-state index in [1.54, 1.807) is 12.1 Å². The van der Waals surface area contributed by atoms with Crippen molar-refractivity contribution in [2.75, 3.05) is 13.2 Å². The first-order valence-electron chi connectivity index (χ1n) is 4.79. The van der Waals surface area contributed by atoms with Crippen molar-refractivity contribution >= 4 is 0 Å². The van der Waals surface area contributed by atoms with Crippen molar-refractivity contribution in [2.24, 2.45) is 5.11 Å². The minimum absolute atomic E-state index is 0.226. The molecule has 1 aromatic rings. The van der Waals surface area contributed by atoms with Crippen LogP contribution in [-0.4, -0.2) is 24.4 Å². The van der Waals surface area contributed by atoms with Crippen LogP contribution in [0.5, 0.6) is 5.75 Å². The molecule has 0 aliphatic carbocycles. The Hall–Kier alpha value is -1.78. The predicted octanol–water partition coefficient (Wildman–Crippen LogP) is 2.27. The van der Waals surface area contributed by atoms with E-state index in [0.29, 0.717) is 12.2 Å². The number of azide groups is 1. The summed E-state index contributed by atoms with van der Waals surface area (Å²) >= 11 is 0. The third-order valence-corrected chi connectivity index (χ3v) is 1.94. The molecule has 1 rings (SSSR count). The van der Waals surface area contributed by atoms with Gasteiger partial charge in [0, 0.05) is 11.0 Å². The van der Waals surface area contributed by atoms with Crippen LogP contribution in [0.1, 0.15) is 6.42 Å². The maximum absolute atomic E-state index is 12.8. The topological polar surface area (TPSA) is 78.2 Å². The van der Waals surface area contributed by atoms with Gasteiger partial charge in [0.2, 0.25) is 0 Å². The van der Waals surface area contributed by atoms with E-state index in [-0.39, 0.29) is 19.0 Å². The Morgan fingerprint density at radius 1 is 1.56 bits per heavy atom. The third kappa shape index (κ3) is 4.16. The smallest absolute Gasteiger partial charge is 0.126 e. The summed E-state index contributed by atoms with van der Waals surface area (Å²) in [6, 6.07) is 5.26. The van der Waals surface area contributed by atoms with Crippen LogP contribution in [0.3, 0.4) is 0 Å². The molecule has 1 N–H and O–H groups in total. The number of aliphatic hydroxyl groups excluding tert-OH is 1. The Kier molecular flexibility index (Phi) is 5.11. The minimum Gasteiger partial charge on any atom is -0.493 e. The number of hydrogen-bond donors (Lipinski definition) is 1. The van der Waals surface area contributed by atoms with E-state index in [2.05, 4.69) is 10.0 Å². The lowest BCUT2D eigenvalue weighted by molar-refractivity contribution is 0.230. The van der Waals surface area contributed by atoms with Crippen LogP contribution >= 0.6 is 0 Å². The summed E-state index contributed by atoms with van der Waals surface area (Å²) in [5, 5.41) is 12.2. The summed E-state index contributed by atoms with van der Waals surface area (Å²) in [5.74, 6) is 0.0453. The number of nitrogens with zero attached hydrogens (tertiary/aromatic N) is 3. The van der Waals surface area contributed by atoms with Crippen LogP contribution in [0.2, 0.25) is 0 Å². The number of hydrogen-bond acceptors (Lipinski definition) is 3. The minimum atomic E-state index is -0.501. The molecule has 1 atom stereocenters. The molecular formula is C10H12FN3O2. The van der Waals surface area contributed by atoms with Crippen LogP contribution in [0.25, 0.3) is 10.4 Å². The van der Waals surface area contributed by atoms with Crippen molar-refractivity contribution in [3.8, 4) is 5.75 Å². The van der Waals surface area contributed by atoms with Gasteiger partial charge >= 0.3 is 0 Å². The first kappa shape index (κ1) is 12.3. The molecule has 0 amide bonds. The van der Waals surface area contributed by atoms with Crippen molar-refractivity contribution in [3.05, 3.63) is 40.5 Å². The first-order valence-corrected chi connectivity index (χ1v) is 4.79. The molecule has 0 saturated carbocycles. The Morgan fingerprint density at radius 3 is 3.00 bits per heavy atom. The van der Waals surface area contributed by atoms with Crippen molar-refractivity contribution in [1.82, 2.24) is 0 Å². The van der Waals surface area contributed by atoms with Gasteiger partial charge in [0.25, 0.3) is 0 Å². The fourth-order valence-corrected chi connectivity index (χ4v) is 1.13. The van der Waals surface area contributed by atoms with Gasteiger partial charge in [0.15, 0.2) is 0 Å². The van der Waals surface area contributed by atoms with Gasteiger partial charge in [-0.05, 0) is 24.1 Å². The fourth-order valence-electron chi connectivity index (χ4n) is 1.13. The van der Waals surface area contributed by atoms with Gasteiger partial charge in [-0.1, -0.05) is 11.2 Å². The van der Waals surface area contributed by atoms with Crippen molar-refractivity contribution in [3.63, 3.8) is 0 Å². The molecule has 0 aliphatic rings. The highest BCUT2D eigenvalue weighted by molar-refractivity contribution is 5.22. The highest BCUT2D eigenvalue weighted by Crippen LogP contribution is 2.12. The third-order valence-electron chi connectivity index (χ3n) is 1.94. The summed E-state index contributed by atoms with van der Waals surface area (Å²) in [7, 11) is 0. The molecular weight excluding hydrogens is 213 g/mol. The second kappa shape index (κ2) is 6.66. The van der Waals surface area contributed by atoms with E-state index in [1.165, 1.54) is 12.1 Å². The Balaban J connectivity index is 2.37. The summed E-state index contributed by atoms with van der Waals surface area (Å²) in [6.45, 7) is 0.0320. The van der Waals surface area contributed by atoms with E-state index in [4.69, 9.17) is 15.4 Å². The highest BCUT2D eigenvalue weighted by atomic mass is 19.1. The van der Waals surface area contributed by atoms with Gasteiger partial charge in [0.05, 0.1) is 19.3 Å². The summed E-state index contributed by atoms with van der Waals surface area (Å²) in [4.78, 5) is 2.60. The van der Waals surface area contributed by atoms with Crippen LogP contribution in [0, 0.1) is 5.82 Å². The lowest BCUT2D eigenvalue weighted by Crippen LogP contribution is -2.13.